The van der Waals surface area contributed by atoms with Crippen LogP contribution in [0.25, 0.3) is 43.1 Å². The molecule has 3 heteroatoms. The van der Waals surface area contributed by atoms with Crippen LogP contribution in [0.4, 0.5) is 8.78 Å². The van der Waals surface area contributed by atoms with Crippen LogP contribution in [-0.4, -0.2) is 7.11 Å². The van der Waals surface area contributed by atoms with Gasteiger partial charge in [-0.2, -0.15) is 0 Å². The van der Waals surface area contributed by atoms with E-state index < -0.39 is 11.6 Å². The highest BCUT2D eigenvalue weighted by molar-refractivity contribution is 6.28. The Bertz CT molecular complexity index is 1390. The molecule has 0 bridgehead atoms. The van der Waals surface area contributed by atoms with Gasteiger partial charge in [0.1, 0.15) is 5.75 Å². The largest absolute Gasteiger partial charge is 0.497 e. The quantitative estimate of drug-likeness (QED) is 0.296. The fourth-order valence-corrected chi connectivity index (χ4v) is 4.13. The second kappa shape index (κ2) is 5.65. The van der Waals surface area contributed by atoms with E-state index in [1.165, 1.54) is 0 Å². The smallest absolute Gasteiger partial charge is 0.167 e. The summed E-state index contributed by atoms with van der Waals surface area (Å²) in [4.78, 5) is 0. The van der Waals surface area contributed by atoms with Gasteiger partial charge >= 0.3 is 0 Å². The van der Waals surface area contributed by atoms with Gasteiger partial charge in [-0.3, -0.25) is 0 Å². The van der Waals surface area contributed by atoms with Gasteiger partial charge in [-0.05, 0) is 46.2 Å². The Morgan fingerprint density at radius 2 is 1.33 bits per heavy atom. The molecule has 132 valence electrons. The van der Waals surface area contributed by atoms with Gasteiger partial charge in [0.25, 0.3) is 0 Å². The maximum absolute atomic E-state index is 14.9. The maximum Gasteiger partial charge on any atom is 0.167 e. The van der Waals surface area contributed by atoms with Crippen molar-refractivity contribution < 1.29 is 13.5 Å². The highest BCUT2D eigenvalue weighted by Gasteiger charge is 2.19. The molecule has 0 atom stereocenters. The molecule has 5 rings (SSSR count). The molecule has 0 saturated carbocycles. The molecule has 0 spiro atoms. The first kappa shape index (κ1) is 16.0. The first-order valence-electron chi connectivity index (χ1n) is 8.79. The maximum atomic E-state index is 14.9. The van der Waals surface area contributed by atoms with Gasteiger partial charge in [0.15, 0.2) is 11.6 Å². The van der Waals surface area contributed by atoms with E-state index in [9.17, 15) is 8.78 Å². The Kier molecular flexibility index (Phi) is 3.35. The third-order valence-electron chi connectivity index (χ3n) is 5.40. The molecule has 0 fully saturated rings. The van der Waals surface area contributed by atoms with Gasteiger partial charge in [0.2, 0.25) is 0 Å². The first-order chi connectivity index (χ1) is 13.1. The van der Waals surface area contributed by atoms with Crippen molar-refractivity contribution in [1.29, 1.82) is 0 Å². The number of methoxy groups -OCH3 is 1. The molecule has 0 aliphatic heterocycles. The predicted molar refractivity (Wildman–Crippen MR) is 108 cm³/mol. The molecule has 5 aromatic carbocycles. The van der Waals surface area contributed by atoms with Crippen molar-refractivity contribution in [2.45, 2.75) is 6.92 Å². The number of benzene rings is 5. The molecular weight excluding hydrogens is 342 g/mol. The van der Waals surface area contributed by atoms with Crippen molar-refractivity contribution >= 4 is 43.1 Å². The number of rotatable bonds is 1. The average Bonchev–Trinajstić information content (AvgIpc) is 2.70. The van der Waals surface area contributed by atoms with Gasteiger partial charge in [-0.1, -0.05) is 48.5 Å². The summed E-state index contributed by atoms with van der Waals surface area (Å²) < 4.78 is 35.1. The normalized spacial score (nSPS) is 11.7. The van der Waals surface area contributed by atoms with E-state index in [0.717, 1.165) is 43.6 Å². The number of halogens is 2. The Balaban J connectivity index is 2.16. The Labute approximate surface area is 154 Å². The van der Waals surface area contributed by atoms with Crippen LogP contribution >= 0.6 is 0 Å². The molecule has 0 aliphatic carbocycles. The van der Waals surface area contributed by atoms with Crippen LogP contribution in [0.3, 0.4) is 0 Å². The fraction of sp³-hybridized carbons (Fsp3) is 0.0833. The lowest BCUT2D eigenvalue weighted by molar-refractivity contribution is 0.415. The van der Waals surface area contributed by atoms with Crippen LogP contribution in [0.1, 0.15) is 5.56 Å². The third-order valence-corrected chi connectivity index (χ3v) is 5.40. The molecule has 0 amide bonds. The molecule has 0 unspecified atom stereocenters. The Morgan fingerprint density at radius 1 is 0.667 bits per heavy atom. The number of hydrogen-bond acceptors (Lipinski definition) is 1. The number of fused-ring (bicyclic) bond motifs is 7. The molecule has 0 heterocycles. The summed E-state index contributed by atoms with van der Waals surface area (Å²) in [5, 5.41) is 5.90. The average molecular weight is 358 g/mol. The van der Waals surface area contributed by atoms with E-state index >= 15 is 0 Å². The minimum Gasteiger partial charge on any atom is -0.497 e. The first-order valence-corrected chi connectivity index (χ1v) is 8.79. The lowest BCUT2D eigenvalue weighted by Crippen LogP contribution is -1.94. The van der Waals surface area contributed by atoms with Gasteiger partial charge < -0.3 is 4.74 Å². The van der Waals surface area contributed by atoms with Crippen molar-refractivity contribution in [3.63, 3.8) is 0 Å². The SMILES string of the molecule is COc1ccc2c(ccc3c(F)c(F)c4ccc5cccc(C)c5c4c32)c1. The number of ether oxygens (including phenoxy) is 1. The minimum absolute atomic E-state index is 0.299. The summed E-state index contributed by atoms with van der Waals surface area (Å²) in [6.45, 7) is 2.00. The van der Waals surface area contributed by atoms with Crippen LogP contribution < -0.4 is 4.74 Å². The van der Waals surface area contributed by atoms with Gasteiger partial charge in [0, 0.05) is 21.5 Å². The summed E-state index contributed by atoms with van der Waals surface area (Å²) in [5.41, 5.74) is 1.04. The zero-order valence-electron chi connectivity index (χ0n) is 14.9. The molecule has 0 aromatic heterocycles. The van der Waals surface area contributed by atoms with Crippen molar-refractivity contribution in [2.24, 2.45) is 0 Å². The molecule has 0 N–H and O–H groups in total. The molecule has 0 aliphatic rings. The van der Waals surface area contributed by atoms with Crippen molar-refractivity contribution in [3.8, 4) is 5.75 Å². The third kappa shape index (κ3) is 2.15. The highest BCUT2D eigenvalue weighted by atomic mass is 19.2. The van der Waals surface area contributed by atoms with Crippen molar-refractivity contribution in [3.05, 3.63) is 77.9 Å². The lowest BCUT2D eigenvalue weighted by atomic mass is 9.90. The topological polar surface area (TPSA) is 9.23 Å². The standard InChI is InChI=1S/C24H16F2O/c1-13-4-3-5-14-6-9-19-22(20(13)14)21-17-11-8-16(27-2)12-15(17)7-10-18(21)23(25)24(19)26/h3-12H,1-2H3. The molecule has 5 aromatic rings. The van der Waals surface area contributed by atoms with E-state index in [4.69, 9.17) is 4.74 Å². The minimum atomic E-state index is -0.803. The Hall–Kier alpha value is -3.20. The lowest BCUT2D eigenvalue weighted by Gasteiger charge is -2.14. The van der Waals surface area contributed by atoms with Crippen LogP contribution in [0.15, 0.2) is 60.7 Å². The molecule has 0 radical (unpaired) electrons. The summed E-state index contributed by atoms with van der Waals surface area (Å²) in [6.07, 6.45) is 0. The number of hydrogen-bond donors (Lipinski definition) is 0. The predicted octanol–water partition coefficient (Wildman–Crippen LogP) is 6.89. The van der Waals surface area contributed by atoms with E-state index in [2.05, 4.69) is 0 Å². The summed E-state index contributed by atoms with van der Waals surface area (Å²) in [6, 6.07) is 18.7. The van der Waals surface area contributed by atoms with E-state index in [0.29, 0.717) is 10.8 Å². The molecular formula is C24H16F2O. The molecule has 0 saturated heterocycles. The monoisotopic (exact) mass is 358 g/mol. The Morgan fingerprint density at radius 3 is 2.07 bits per heavy atom. The summed E-state index contributed by atoms with van der Waals surface area (Å²) >= 11 is 0. The van der Waals surface area contributed by atoms with Gasteiger partial charge in [-0.25, -0.2) is 8.78 Å². The summed E-state index contributed by atoms with van der Waals surface area (Å²) in [5.74, 6) is -0.867. The fourth-order valence-electron chi connectivity index (χ4n) is 4.13. The second-order valence-electron chi connectivity index (χ2n) is 6.86. The highest BCUT2D eigenvalue weighted by Crippen LogP contribution is 2.40. The molecule has 27 heavy (non-hydrogen) atoms. The zero-order chi connectivity index (χ0) is 18.7. The zero-order valence-corrected chi connectivity index (χ0v) is 14.9. The van der Waals surface area contributed by atoms with E-state index in [-0.39, 0.29) is 0 Å². The van der Waals surface area contributed by atoms with Crippen molar-refractivity contribution in [1.82, 2.24) is 0 Å². The van der Waals surface area contributed by atoms with Gasteiger partial charge in [-0.15, -0.1) is 0 Å². The van der Waals surface area contributed by atoms with Crippen LogP contribution in [-0.2, 0) is 0 Å². The number of aryl methyl sites for hydroxylation is 1. The van der Waals surface area contributed by atoms with Crippen LogP contribution in [0.5, 0.6) is 5.75 Å². The summed E-state index contributed by atoms with van der Waals surface area (Å²) in [7, 11) is 1.61. The molecule has 1 nitrogen and oxygen atoms in total. The van der Waals surface area contributed by atoms with Crippen molar-refractivity contribution in [2.75, 3.05) is 7.11 Å². The van der Waals surface area contributed by atoms with Gasteiger partial charge in [0.05, 0.1) is 7.11 Å². The van der Waals surface area contributed by atoms with E-state index in [1.54, 1.807) is 19.2 Å². The second-order valence-corrected chi connectivity index (χ2v) is 6.86. The van der Waals surface area contributed by atoms with Crippen LogP contribution in [0, 0.1) is 18.6 Å². The van der Waals surface area contributed by atoms with Crippen LogP contribution in [0.2, 0.25) is 0 Å². The van der Waals surface area contributed by atoms with E-state index in [1.807, 2.05) is 55.5 Å².